The molecule has 7 nitrogen and oxygen atoms in total. The summed E-state index contributed by atoms with van der Waals surface area (Å²) < 4.78 is 2.00. The van der Waals surface area contributed by atoms with Crippen LogP contribution in [0, 0.1) is 0 Å². The number of aromatic nitrogens is 5. The molecule has 1 unspecified atom stereocenters. The molecule has 1 saturated heterocycles. The summed E-state index contributed by atoms with van der Waals surface area (Å²) >= 11 is 0. The first-order valence-corrected chi connectivity index (χ1v) is 13.6. The molecule has 1 aliphatic carbocycles. The zero-order valence-electron chi connectivity index (χ0n) is 21.4. The molecule has 0 N–H and O–H groups in total. The number of rotatable bonds is 8. The monoisotopic (exact) mass is 493 g/mol. The largest absolute Gasteiger partial charge is 0.299 e. The molecule has 1 saturated carbocycles. The molecule has 0 radical (unpaired) electrons. The van der Waals surface area contributed by atoms with Crippen molar-refractivity contribution in [3.05, 3.63) is 95.9 Å². The van der Waals surface area contributed by atoms with E-state index < -0.39 is 0 Å². The van der Waals surface area contributed by atoms with Gasteiger partial charge in [-0.25, -0.2) is 4.68 Å². The average molecular weight is 494 g/mol. The van der Waals surface area contributed by atoms with Crippen molar-refractivity contribution in [2.24, 2.45) is 0 Å². The van der Waals surface area contributed by atoms with Crippen LogP contribution >= 0.6 is 0 Å². The highest BCUT2D eigenvalue weighted by Gasteiger charge is 2.31. The van der Waals surface area contributed by atoms with Crippen molar-refractivity contribution in [2.45, 2.75) is 50.7 Å². The van der Waals surface area contributed by atoms with Gasteiger partial charge in [-0.1, -0.05) is 67.1 Å². The molecule has 0 bridgehead atoms. The molecule has 7 heteroatoms. The third-order valence-electron chi connectivity index (χ3n) is 7.97. The summed E-state index contributed by atoms with van der Waals surface area (Å²) in [7, 11) is 0. The first-order chi connectivity index (χ1) is 18.3. The highest BCUT2D eigenvalue weighted by atomic mass is 15.5. The summed E-state index contributed by atoms with van der Waals surface area (Å²) in [6, 6.07) is 26.3. The second-order valence-corrected chi connectivity index (χ2v) is 10.3. The maximum atomic E-state index is 4.60. The van der Waals surface area contributed by atoms with E-state index >= 15 is 0 Å². The predicted octanol–water partition coefficient (Wildman–Crippen LogP) is 4.63. The smallest absolute Gasteiger partial charge is 0.169 e. The van der Waals surface area contributed by atoms with Crippen molar-refractivity contribution in [3.8, 4) is 11.3 Å². The minimum Gasteiger partial charge on any atom is -0.299 e. The lowest BCUT2D eigenvalue weighted by Crippen LogP contribution is -2.42. The average Bonchev–Trinajstić information content (AvgIpc) is 3.24. The Kier molecular flexibility index (Phi) is 7.33. The summed E-state index contributed by atoms with van der Waals surface area (Å²) in [4.78, 5) is 9.85. The molecular weight excluding hydrogens is 458 g/mol. The third kappa shape index (κ3) is 5.63. The lowest BCUT2D eigenvalue weighted by atomic mass is 9.91. The third-order valence-corrected chi connectivity index (χ3v) is 7.97. The van der Waals surface area contributed by atoms with Gasteiger partial charge >= 0.3 is 0 Å². The quantitative estimate of drug-likeness (QED) is 0.357. The van der Waals surface area contributed by atoms with Crippen LogP contribution in [0.3, 0.4) is 0 Å². The van der Waals surface area contributed by atoms with E-state index in [-0.39, 0.29) is 6.04 Å². The summed E-state index contributed by atoms with van der Waals surface area (Å²) in [5.41, 5.74) is 4.64. The second kappa shape index (κ2) is 11.3. The van der Waals surface area contributed by atoms with Gasteiger partial charge in [0.15, 0.2) is 5.82 Å². The van der Waals surface area contributed by atoms with Gasteiger partial charge in [0.1, 0.15) is 0 Å². The minimum absolute atomic E-state index is 0.126. The summed E-state index contributed by atoms with van der Waals surface area (Å²) in [5, 5.41) is 13.2. The molecule has 0 amide bonds. The van der Waals surface area contributed by atoms with Crippen LogP contribution in [0.25, 0.3) is 11.3 Å². The van der Waals surface area contributed by atoms with Gasteiger partial charge in [0.2, 0.25) is 0 Å². The SMILES string of the molecule is c1ccc(Cn2nnnc2C(Cc2ccc(-c3ccccn3)cc2)N2CCCN(C3CCC3)CC2)cc1. The van der Waals surface area contributed by atoms with Crippen LogP contribution in [-0.4, -0.2) is 67.2 Å². The zero-order chi connectivity index (χ0) is 24.9. The first kappa shape index (κ1) is 23.9. The Balaban J connectivity index is 1.26. The molecule has 2 aromatic heterocycles. The van der Waals surface area contributed by atoms with Crippen LogP contribution < -0.4 is 0 Å². The Morgan fingerprint density at radius 3 is 2.38 bits per heavy atom. The van der Waals surface area contributed by atoms with Crippen LogP contribution in [0.15, 0.2) is 79.0 Å². The predicted molar refractivity (Wildman–Crippen MR) is 145 cm³/mol. The molecule has 2 aliphatic rings. The summed E-state index contributed by atoms with van der Waals surface area (Å²) in [6.07, 6.45) is 8.02. The number of tetrazole rings is 1. The van der Waals surface area contributed by atoms with Gasteiger partial charge in [0, 0.05) is 37.4 Å². The number of benzene rings is 2. The fourth-order valence-electron chi connectivity index (χ4n) is 5.66. The Bertz CT molecular complexity index is 1250. The lowest BCUT2D eigenvalue weighted by Gasteiger charge is -2.37. The molecular formula is C30H35N7. The molecule has 2 aromatic carbocycles. The van der Waals surface area contributed by atoms with E-state index in [1.54, 1.807) is 0 Å². The fourth-order valence-corrected chi connectivity index (χ4v) is 5.66. The highest BCUT2D eigenvalue weighted by molar-refractivity contribution is 5.59. The Morgan fingerprint density at radius 1 is 0.784 bits per heavy atom. The Morgan fingerprint density at radius 2 is 1.62 bits per heavy atom. The van der Waals surface area contributed by atoms with Gasteiger partial charge < -0.3 is 0 Å². The van der Waals surface area contributed by atoms with E-state index in [2.05, 4.69) is 84.9 Å². The Hall–Kier alpha value is -3.42. The van der Waals surface area contributed by atoms with Crippen molar-refractivity contribution >= 4 is 0 Å². The van der Waals surface area contributed by atoms with Crippen LogP contribution in [-0.2, 0) is 13.0 Å². The van der Waals surface area contributed by atoms with Crippen LogP contribution in [0.2, 0.25) is 0 Å². The molecule has 4 aromatic rings. The van der Waals surface area contributed by atoms with Gasteiger partial charge in [-0.3, -0.25) is 14.8 Å². The van der Waals surface area contributed by atoms with Crippen LogP contribution in [0.4, 0.5) is 0 Å². The molecule has 1 atom stereocenters. The van der Waals surface area contributed by atoms with E-state index in [4.69, 9.17) is 0 Å². The molecule has 37 heavy (non-hydrogen) atoms. The van der Waals surface area contributed by atoms with E-state index in [1.165, 1.54) is 43.4 Å². The standard InChI is InChI=1S/C30H35N7/c1-2-8-25(9-3-1)23-37-30(32-33-34-37)29(36-19-7-18-35(20-21-36)27-10-6-11-27)22-24-13-15-26(16-14-24)28-12-4-5-17-31-28/h1-5,8-9,12-17,27,29H,6-7,10-11,18-23H2. The molecule has 0 spiro atoms. The van der Waals surface area contributed by atoms with E-state index in [1.807, 2.05) is 29.1 Å². The van der Waals surface area contributed by atoms with Crippen molar-refractivity contribution in [1.82, 2.24) is 35.0 Å². The van der Waals surface area contributed by atoms with E-state index in [0.29, 0.717) is 6.54 Å². The molecule has 3 heterocycles. The molecule has 1 aliphatic heterocycles. The minimum atomic E-state index is 0.126. The van der Waals surface area contributed by atoms with Crippen molar-refractivity contribution in [1.29, 1.82) is 0 Å². The molecule has 190 valence electrons. The normalized spacial score (nSPS) is 18.3. The first-order valence-electron chi connectivity index (χ1n) is 13.6. The lowest BCUT2D eigenvalue weighted by molar-refractivity contribution is 0.124. The number of pyridine rings is 1. The maximum absolute atomic E-state index is 4.60. The van der Waals surface area contributed by atoms with Crippen molar-refractivity contribution in [2.75, 3.05) is 26.2 Å². The van der Waals surface area contributed by atoms with Gasteiger partial charge in [-0.2, -0.15) is 0 Å². The summed E-state index contributed by atoms with van der Waals surface area (Å²) in [5.74, 6) is 0.953. The van der Waals surface area contributed by atoms with Gasteiger partial charge in [0.05, 0.1) is 18.3 Å². The number of hydrogen-bond acceptors (Lipinski definition) is 6. The number of nitrogens with zero attached hydrogens (tertiary/aromatic N) is 7. The molecule has 2 fully saturated rings. The Labute approximate surface area is 219 Å². The van der Waals surface area contributed by atoms with E-state index in [9.17, 15) is 0 Å². The zero-order valence-corrected chi connectivity index (χ0v) is 21.4. The van der Waals surface area contributed by atoms with E-state index in [0.717, 1.165) is 49.2 Å². The number of hydrogen-bond donors (Lipinski definition) is 0. The van der Waals surface area contributed by atoms with Gasteiger partial charge in [-0.05, 0) is 65.9 Å². The van der Waals surface area contributed by atoms with Crippen molar-refractivity contribution in [3.63, 3.8) is 0 Å². The van der Waals surface area contributed by atoms with Crippen molar-refractivity contribution < 1.29 is 0 Å². The van der Waals surface area contributed by atoms with Crippen LogP contribution in [0.1, 0.15) is 48.7 Å². The molecule has 6 rings (SSSR count). The summed E-state index contributed by atoms with van der Waals surface area (Å²) in [6.45, 7) is 5.12. The van der Waals surface area contributed by atoms with Crippen LogP contribution in [0.5, 0.6) is 0 Å². The van der Waals surface area contributed by atoms with Gasteiger partial charge in [-0.15, -0.1) is 5.10 Å². The maximum Gasteiger partial charge on any atom is 0.169 e. The second-order valence-electron chi connectivity index (χ2n) is 10.3. The highest BCUT2D eigenvalue weighted by Crippen LogP contribution is 2.29. The topological polar surface area (TPSA) is 63.0 Å². The fraction of sp³-hybridized carbons (Fsp3) is 0.400. The van der Waals surface area contributed by atoms with Gasteiger partial charge in [0.25, 0.3) is 0 Å².